The second-order valence-corrected chi connectivity index (χ2v) is 5.86. The summed E-state index contributed by atoms with van der Waals surface area (Å²) in [6.07, 6.45) is 5.89. The van der Waals surface area contributed by atoms with Crippen LogP contribution in [-0.2, 0) is 20.8 Å². The zero-order valence-electron chi connectivity index (χ0n) is 13.2. The zero-order chi connectivity index (χ0) is 15.9. The molecule has 1 amide bonds. The third kappa shape index (κ3) is 4.56. The average molecular weight is 317 g/mol. The molecule has 1 aromatic rings. The van der Waals surface area contributed by atoms with Crippen LogP contribution < -0.4 is 0 Å². The molecule has 1 saturated heterocycles. The maximum Gasteiger partial charge on any atom is 0.410 e. The van der Waals surface area contributed by atoms with E-state index in [1.807, 2.05) is 42.5 Å². The maximum absolute atomic E-state index is 12.3. The summed E-state index contributed by atoms with van der Waals surface area (Å²) in [5.74, 6) is 0. The highest BCUT2D eigenvalue weighted by atomic mass is 16.6. The molecule has 0 spiro atoms. The average Bonchev–Trinajstić information content (AvgIpc) is 3.08. The van der Waals surface area contributed by atoms with E-state index in [4.69, 9.17) is 14.2 Å². The maximum atomic E-state index is 12.3. The van der Waals surface area contributed by atoms with E-state index in [2.05, 4.69) is 0 Å². The first-order valence-corrected chi connectivity index (χ1v) is 8.16. The molecular weight excluding hydrogens is 294 g/mol. The van der Waals surface area contributed by atoms with Crippen LogP contribution in [0.25, 0.3) is 0 Å². The van der Waals surface area contributed by atoms with Crippen molar-refractivity contribution in [1.29, 1.82) is 0 Å². The van der Waals surface area contributed by atoms with Crippen molar-refractivity contribution in [2.45, 2.75) is 31.6 Å². The summed E-state index contributed by atoms with van der Waals surface area (Å²) in [5.41, 5.74) is 0.986. The lowest BCUT2D eigenvalue weighted by molar-refractivity contribution is -0.0588. The Bertz CT molecular complexity index is 525. The van der Waals surface area contributed by atoms with Gasteiger partial charge in [0.15, 0.2) is 0 Å². The number of carbonyl (C=O) groups excluding carboxylic acids is 1. The fraction of sp³-hybridized carbons (Fsp3) is 0.500. The van der Waals surface area contributed by atoms with Crippen molar-refractivity contribution >= 4 is 6.09 Å². The number of amides is 1. The topological polar surface area (TPSA) is 48.0 Å². The summed E-state index contributed by atoms with van der Waals surface area (Å²) in [6, 6.07) is 9.64. The Hall–Kier alpha value is -1.85. The van der Waals surface area contributed by atoms with Gasteiger partial charge in [-0.1, -0.05) is 42.5 Å². The number of benzene rings is 1. The van der Waals surface area contributed by atoms with Gasteiger partial charge in [0, 0.05) is 13.2 Å². The van der Waals surface area contributed by atoms with E-state index in [0.717, 1.165) is 25.0 Å². The van der Waals surface area contributed by atoms with Gasteiger partial charge in [0.1, 0.15) is 6.61 Å². The monoisotopic (exact) mass is 317 g/mol. The lowest BCUT2D eigenvalue weighted by Crippen LogP contribution is -2.40. The second kappa shape index (κ2) is 8.13. The molecule has 0 saturated carbocycles. The third-order valence-corrected chi connectivity index (χ3v) is 4.12. The Morgan fingerprint density at radius 3 is 2.96 bits per heavy atom. The number of nitrogens with zero attached hydrogens (tertiary/aromatic N) is 1. The smallest absolute Gasteiger partial charge is 0.410 e. The molecule has 1 fully saturated rings. The number of rotatable bonds is 5. The minimum Gasteiger partial charge on any atom is -0.445 e. The van der Waals surface area contributed by atoms with Gasteiger partial charge in [-0.25, -0.2) is 4.79 Å². The molecule has 0 bridgehead atoms. The molecule has 2 heterocycles. The molecule has 124 valence electrons. The molecule has 3 rings (SSSR count). The highest BCUT2D eigenvalue weighted by Crippen LogP contribution is 2.16. The van der Waals surface area contributed by atoms with Crippen LogP contribution in [-0.4, -0.2) is 49.5 Å². The van der Waals surface area contributed by atoms with E-state index in [1.54, 1.807) is 4.90 Å². The molecule has 0 N–H and O–H groups in total. The van der Waals surface area contributed by atoms with Crippen LogP contribution >= 0.6 is 0 Å². The van der Waals surface area contributed by atoms with Crippen molar-refractivity contribution in [2.24, 2.45) is 0 Å². The van der Waals surface area contributed by atoms with Gasteiger partial charge in [0.25, 0.3) is 0 Å². The Kier molecular flexibility index (Phi) is 5.66. The fourth-order valence-corrected chi connectivity index (χ4v) is 2.81. The summed E-state index contributed by atoms with van der Waals surface area (Å²) in [6.45, 7) is 2.82. The zero-order valence-corrected chi connectivity index (χ0v) is 13.2. The SMILES string of the molecule is O=C(OCc1ccccc1)N1CC=CC1COC1CCCOC1. The van der Waals surface area contributed by atoms with Crippen molar-refractivity contribution in [3.05, 3.63) is 48.0 Å². The van der Waals surface area contributed by atoms with Crippen LogP contribution in [0.1, 0.15) is 18.4 Å². The number of ether oxygens (including phenoxy) is 3. The minimum absolute atomic E-state index is 0.0554. The van der Waals surface area contributed by atoms with E-state index in [-0.39, 0.29) is 18.2 Å². The third-order valence-electron chi connectivity index (χ3n) is 4.12. The van der Waals surface area contributed by atoms with E-state index < -0.39 is 0 Å². The van der Waals surface area contributed by atoms with E-state index in [9.17, 15) is 4.79 Å². The molecule has 0 radical (unpaired) electrons. The normalized spacial score (nSPS) is 23.9. The van der Waals surface area contributed by atoms with Crippen molar-refractivity contribution in [1.82, 2.24) is 4.90 Å². The van der Waals surface area contributed by atoms with Crippen molar-refractivity contribution in [3.8, 4) is 0 Å². The Balaban J connectivity index is 1.45. The highest BCUT2D eigenvalue weighted by Gasteiger charge is 2.27. The van der Waals surface area contributed by atoms with Crippen molar-refractivity contribution in [2.75, 3.05) is 26.4 Å². The largest absolute Gasteiger partial charge is 0.445 e. The summed E-state index contributed by atoms with van der Waals surface area (Å²) < 4.78 is 16.7. The lowest BCUT2D eigenvalue weighted by atomic mass is 10.2. The molecule has 0 aromatic heterocycles. The van der Waals surface area contributed by atoms with Crippen LogP contribution in [0.4, 0.5) is 4.79 Å². The molecule has 1 aromatic carbocycles. The fourth-order valence-electron chi connectivity index (χ4n) is 2.81. The quantitative estimate of drug-likeness (QED) is 0.784. The second-order valence-electron chi connectivity index (χ2n) is 5.86. The van der Waals surface area contributed by atoms with Gasteiger partial charge in [0.2, 0.25) is 0 Å². The summed E-state index contributed by atoms with van der Waals surface area (Å²) in [5, 5.41) is 0. The Morgan fingerprint density at radius 2 is 2.17 bits per heavy atom. The number of carbonyl (C=O) groups is 1. The molecular formula is C18H23NO4. The van der Waals surface area contributed by atoms with E-state index in [0.29, 0.717) is 26.4 Å². The first-order chi connectivity index (χ1) is 11.3. The van der Waals surface area contributed by atoms with Gasteiger partial charge in [-0.05, 0) is 18.4 Å². The lowest BCUT2D eigenvalue weighted by Gasteiger charge is -2.27. The minimum atomic E-state index is -0.299. The van der Waals surface area contributed by atoms with Gasteiger partial charge in [0.05, 0.1) is 25.4 Å². The molecule has 2 aliphatic heterocycles. The van der Waals surface area contributed by atoms with E-state index >= 15 is 0 Å². The number of hydrogen-bond acceptors (Lipinski definition) is 4. The first-order valence-electron chi connectivity index (χ1n) is 8.16. The number of hydrogen-bond donors (Lipinski definition) is 0. The summed E-state index contributed by atoms with van der Waals surface area (Å²) in [7, 11) is 0. The summed E-state index contributed by atoms with van der Waals surface area (Å²) in [4.78, 5) is 14.0. The predicted octanol–water partition coefficient (Wildman–Crippen LogP) is 2.76. The molecule has 2 unspecified atom stereocenters. The molecule has 2 aliphatic rings. The Morgan fingerprint density at radius 1 is 1.30 bits per heavy atom. The molecule has 5 nitrogen and oxygen atoms in total. The Labute approximate surface area is 136 Å². The van der Waals surface area contributed by atoms with Crippen molar-refractivity contribution < 1.29 is 19.0 Å². The first kappa shape index (κ1) is 16.0. The van der Waals surface area contributed by atoms with Crippen LogP contribution in [0, 0.1) is 0 Å². The van der Waals surface area contributed by atoms with Crippen LogP contribution in [0.15, 0.2) is 42.5 Å². The van der Waals surface area contributed by atoms with Gasteiger partial charge in [-0.3, -0.25) is 4.90 Å². The van der Waals surface area contributed by atoms with Gasteiger partial charge in [-0.2, -0.15) is 0 Å². The molecule has 2 atom stereocenters. The molecule has 23 heavy (non-hydrogen) atoms. The van der Waals surface area contributed by atoms with Crippen LogP contribution in [0.3, 0.4) is 0 Å². The van der Waals surface area contributed by atoms with Crippen LogP contribution in [0.2, 0.25) is 0 Å². The van der Waals surface area contributed by atoms with Crippen LogP contribution in [0.5, 0.6) is 0 Å². The summed E-state index contributed by atoms with van der Waals surface area (Å²) >= 11 is 0. The predicted molar refractivity (Wildman–Crippen MR) is 86.1 cm³/mol. The van der Waals surface area contributed by atoms with Gasteiger partial charge < -0.3 is 14.2 Å². The van der Waals surface area contributed by atoms with Crippen molar-refractivity contribution in [3.63, 3.8) is 0 Å². The van der Waals surface area contributed by atoms with Gasteiger partial charge in [-0.15, -0.1) is 0 Å². The molecule has 5 heteroatoms. The standard InChI is InChI=1S/C18H23NO4/c20-18(23-12-15-6-2-1-3-7-15)19-10-4-8-16(19)13-22-17-9-5-11-21-14-17/h1-4,6-8,16-17H,5,9-14H2. The van der Waals surface area contributed by atoms with Gasteiger partial charge >= 0.3 is 6.09 Å². The van der Waals surface area contributed by atoms with E-state index in [1.165, 1.54) is 0 Å². The molecule has 0 aliphatic carbocycles. The highest BCUT2D eigenvalue weighted by molar-refractivity contribution is 5.69.